The van der Waals surface area contributed by atoms with Crippen LogP contribution in [-0.2, 0) is 4.79 Å². The lowest BCUT2D eigenvalue weighted by Crippen LogP contribution is -2.45. The van der Waals surface area contributed by atoms with Gasteiger partial charge in [-0.1, -0.05) is 6.07 Å². The van der Waals surface area contributed by atoms with Crippen molar-refractivity contribution in [1.29, 1.82) is 0 Å². The molecule has 1 aliphatic rings. The summed E-state index contributed by atoms with van der Waals surface area (Å²) in [6, 6.07) is 9.27. The Bertz CT molecular complexity index is 970. The van der Waals surface area contributed by atoms with Gasteiger partial charge in [0.1, 0.15) is 17.4 Å². The summed E-state index contributed by atoms with van der Waals surface area (Å²) in [7, 11) is 0. The minimum absolute atomic E-state index is 0.0834. The highest BCUT2D eigenvalue weighted by Crippen LogP contribution is 2.32. The Morgan fingerprint density at radius 3 is 2.46 bits per heavy atom. The fourth-order valence-corrected chi connectivity index (χ4v) is 2.95. The average Bonchev–Trinajstić information content (AvgIpc) is 2.93. The van der Waals surface area contributed by atoms with Gasteiger partial charge in [-0.25, -0.2) is 0 Å². The second-order valence-corrected chi connectivity index (χ2v) is 6.06. The number of ether oxygens (including phenoxy) is 1. The summed E-state index contributed by atoms with van der Waals surface area (Å²) in [6.45, 7) is 3.75. The van der Waals surface area contributed by atoms with E-state index in [4.69, 9.17) is 4.74 Å². The number of fused-ring (bicyclic) bond motifs is 1. The summed E-state index contributed by atoms with van der Waals surface area (Å²) in [5.74, 6) is -1.55. The Hall–Kier alpha value is -3.75. The zero-order valence-electron chi connectivity index (χ0n) is 15.2. The number of nitrogens with zero attached hydrogens (tertiary/aromatic N) is 2. The lowest BCUT2D eigenvalue weighted by molar-refractivity contribution is -0.385. The molecule has 0 saturated heterocycles. The number of carbonyl (C=O) groups excluding carboxylic acids is 3. The van der Waals surface area contributed by atoms with E-state index in [0.29, 0.717) is 18.0 Å². The van der Waals surface area contributed by atoms with Crippen LogP contribution in [-0.4, -0.2) is 40.2 Å². The zero-order chi connectivity index (χ0) is 20.4. The molecule has 0 fully saturated rings. The first-order valence-corrected chi connectivity index (χ1v) is 8.54. The van der Waals surface area contributed by atoms with Crippen LogP contribution in [0, 0.1) is 10.1 Å². The Labute approximate surface area is 160 Å². The third kappa shape index (κ3) is 3.29. The monoisotopic (exact) mass is 383 g/mol. The van der Waals surface area contributed by atoms with Gasteiger partial charge in [0.15, 0.2) is 0 Å². The second-order valence-electron chi connectivity index (χ2n) is 6.06. The summed E-state index contributed by atoms with van der Waals surface area (Å²) in [5, 5.41) is 13.8. The SMILES string of the molecule is CCOc1ccc(NC(=O)[C@H](C)N2C(=O)c3cccc([N+](=O)[O-])c3C2=O)cc1. The number of imide groups is 1. The number of benzene rings is 2. The lowest BCUT2D eigenvalue weighted by Gasteiger charge is -2.21. The highest BCUT2D eigenvalue weighted by molar-refractivity contribution is 6.24. The van der Waals surface area contributed by atoms with E-state index in [2.05, 4.69) is 5.32 Å². The van der Waals surface area contributed by atoms with Crippen molar-refractivity contribution in [3.8, 4) is 5.75 Å². The molecule has 3 amide bonds. The molecule has 1 aliphatic heterocycles. The molecular weight excluding hydrogens is 366 g/mol. The summed E-state index contributed by atoms with van der Waals surface area (Å²) < 4.78 is 5.32. The van der Waals surface area contributed by atoms with Crippen LogP contribution in [0.3, 0.4) is 0 Å². The van der Waals surface area contributed by atoms with Crippen molar-refractivity contribution in [2.45, 2.75) is 19.9 Å². The van der Waals surface area contributed by atoms with E-state index in [0.717, 1.165) is 11.0 Å². The second kappa shape index (κ2) is 7.47. The number of carbonyl (C=O) groups is 3. The maximum absolute atomic E-state index is 12.7. The highest BCUT2D eigenvalue weighted by Gasteiger charge is 2.44. The van der Waals surface area contributed by atoms with Crippen LogP contribution in [0.15, 0.2) is 42.5 Å². The zero-order valence-corrected chi connectivity index (χ0v) is 15.2. The molecule has 2 aromatic carbocycles. The summed E-state index contributed by atoms with van der Waals surface area (Å²) in [5.41, 5.74) is -0.376. The van der Waals surface area contributed by atoms with Crippen molar-refractivity contribution in [3.63, 3.8) is 0 Å². The van der Waals surface area contributed by atoms with Gasteiger partial charge < -0.3 is 10.1 Å². The van der Waals surface area contributed by atoms with Crippen molar-refractivity contribution < 1.29 is 24.0 Å². The number of anilines is 1. The van der Waals surface area contributed by atoms with Crippen LogP contribution < -0.4 is 10.1 Å². The Balaban J connectivity index is 1.80. The van der Waals surface area contributed by atoms with Gasteiger partial charge in [0.25, 0.3) is 17.5 Å². The molecule has 2 aromatic rings. The predicted molar refractivity (Wildman–Crippen MR) is 99.3 cm³/mol. The summed E-state index contributed by atoms with van der Waals surface area (Å²) in [6.07, 6.45) is 0. The van der Waals surface area contributed by atoms with Gasteiger partial charge in [0, 0.05) is 11.8 Å². The third-order valence-corrected chi connectivity index (χ3v) is 4.32. The van der Waals surface area contributed by atoms with Crippen LogP contribution in [0.5, 0.6) is 5.75 Å². The molecule has 0 aromatic heterocycles. The molecule has 0 aliphatic carbocycles. The van der Waals surface area contributed by atoms with Gasteiger partial charge in [0.2, 0.25) is 5.91 Å². The number of amides is 3. The summed E-state index contributed by atoms with van der Waals surface area (Å²) >= 11 is 0. The number of nitro benzene ring substituents is 1. The lowest BCUT2D eigenvalue weighted by atomic mass is 10.1. The molecule has 0 saturated carbocycles. The average molecular weight is 383 g/mol. The van der Waals surface area contributed by atoms with Crippen LogP contribution in [0.25, 0.3) is 0 Å². The normalized spacial score (nSPS) is 13.9. The molecule has 3 rings (SSSR count). The molecule has 28 heavy (non-hydrogen) atoms. The summed E-state index contributed by atoms with van der Waals surface area (Å²) in [4.78, 5) is 49.0. The number of hydrogen-bond acceptors (Lipinski definition) is 6. The number of nitro groups is 1. The Morgan fingerprint density at radius 1 is 1.18 bits per heavy atom. The van der Waals surface area contributed by atoms with E-state index in [1.807, 2.05) is 6.92 Å². The van der Waals surface area contributed by atoms with Crippen molar-refractivity contribution in [3.05, 3.63) is 63.7 Å². The van der Waals surface area contributed by atoms with Gasteiger partial charge in [-0.15, -0.1) is 0 Å². The molecular formula is C19H17N3O6. The fourth-order valence-electron chi connectivity index (χ4n) is 2.95. The largest absolute Gasteiger partial charge is 0.494 e. The Kier molecular flexibility index (Phi) is 5.08. The van der Waals surface area contributed by atoms with Crippen LogP contribution >= 0.6 is 0 Å². The highest BCUT2D eigenvalue weighted by atomic mass is 16.6. The van der Waals surface area contributed by atoms with Crippen LogP contribution in [0.2, 0.25) is 0 Å². The molecule has 0 unspecified atom stereocenters. The van der Waals surface area contributed by atoms with E-state index in [1.165, 1.54) is 19.1 Å². The van der Waals surface area contributed by atoms with E-state index in [-0.39, 0.29) is 11.1 Å². The van der Waals surface area contributed by atoms with Crippen LogP contribution in [0.1, 0.15) is 34.6 Å². The van der Waals surface area contributed by atoms with E-state index in [9.17, 15) is 24.5 Å². The number of rotatable bonds is 6. The minimum Gasteiger partial charge on any atom is -0.494 e. The molecule has 1 N–H and O–H groups in total. The Morgan fingerprint density at radius 2 is 1.86 bits per heavy atom. The quantitative estimate of drug-likeness (QED) is 0.465. The van der Waals surface area contributed by atoms with Crippen molar-refractivity contribution in [2.75, 3.05) is 11.9 Å². The molecule has 1 heterocycles. The van der Waals surface area contributed by atoms with Gasteiger partial charge >= 0.3 is 0 Å². The molecule has 1 atom stereocenters. The first-order chi connectivity index (χ1) is 13.3. The van der Waals surface area contributed by atoms with Crippen molar-refractivity contribution >= 4 is 29.1 Å². The number of nitrogens with one attached hydrogen (secondary N) is 1. The van der Waals surface area contributed by atoms with Crippen molar-refractivity contribution in [2.24, 2.45) is 0 Å². The molecule has 144 valence electrons. The smallest absolute Gasteiger partial charge is 0.282 e. The van der Waals surface area contributed by atoms with Gasteiger partial charge in [-0.2, -0.15) is 0 Å². The maximum Gasteiger partial charge on any atom is 0.282 e. The molecule has 0 radical (unpaired) electrons. The van der Waals surface area contributed by atoms with Gasteiger partial charge in [-0.3, -0.25) is 29.4 Å². The fraction of sp³-hybridized carbons (Fsp3) is 0.211. The molecule has 9 heteroatoms. The minimum atomic E-state index is -1.15. The molecule has 9 nitrogen and oxygen atoms in total. The molecule has 0 spiro atoms. The van der Waals surface area contributed by atoms with Gasteiger partial charge in [-0.05, 0) is 44.2 Å². The predicted octanol–water partition coefficient (Wildman–Crippen LogP) is 2.62. The van der Waals surface area contributed by atoms with E-state index in [1.54, 1.807) is 24.3 Å². The third-order valence-electron chi connectivity index (χ3n) is 4.32. The molecule has 0 bridgehead atoms. The van der Waals surface area contributed by atoms with Gasteiger partial charge in [0.05, 0.1) is 17.1 Å². The van der Waals surface area contributed by atoms with Crippen LogP contribution in [0.4, 0.5) is 11.4 Å². The first-order valence-electron chi connectivity index (χ1n) is 8.54. The van der Waals surface area contributed by atoms with E-state index >= 15 is 0 Å². The topological polar surface area (TPSA) is 119 Å². The maximum atomic E-state index is 12.7. The number of hydrogen-bond donors (Lipinski definition) is 1. The van der Waals surface area contributed by atoms with E-state index < -0.39 is 34.4 Å². The van der Waals surface area contributed by atoms with Crippen molar-refractivity contribution in [1.82, 2.24) is 4.90 Å². The standard InChI is InChI=1S/C19H17N3O6/c1-3-28-13-9-7-12(8-10-13)20-17(23)11(2)21-18(24)14-5-4-6-15(22(26)27)16(14)19(21)25/h4-11H,3H2,1-2H3,(H,20,23)/t11-/m0/s1. The first kappa shape index (κ1) is 19.0.